The Labute approximate surface area is 57.9 Å². The summed E-state index contributed by atoms with van der Waals surface area (Å²) < 4.78 is 0. The molecule has 0 rings (SSSR count). The molecule has 0 saturated heterocycles. The van der Waals surface area contributed by atoms with Crippen LogP contribution in [0.2, 0.25) is 0 Å². The molecule has 0 bridgehead atoms. The van der Waals surface area contributed by atoms with Crippen LogP contribution in [0.1, 0.15) is 6.92 Å². The van der Waals surface area contributed by atoms with E-state index in [-0.39, 0.29) is 44.3 Å². The van der Waals surface area contributed by atoms with Crippen LogP contribution in [0.3, 0.4) is 0 Å². The monoisotopic (exact) mass is 222 g/mol. The van der Waals surface area contributed by atoms with Crippen molar-refractivity contribution in [1.82, 2.24) is 0 Å². The zero-order valence-corrected chi connectivity index (χ0v) is 8.41. The molecule has 0 unspecified atom stereocenters. The Hall–Kier alpha value is 1.40. The fraction of sp³-hybridized carbons (Fsp3) is 0.500. The molecule has 0 aliphatic rings. The molecule has 22 valence electrons. The van der Waals surface area contributed by atoms with Crippen LogP contribution in [0.15, 0.2) is 0 Å². The average molecular weight is 221 g/mol. The Balaban J connectivity index is -0.00000000500. The van der Waals surface area contributed by atoms with Gasteiger partial charge in [-0.2, -0.15) is 6.92 Å². The number of hydrogen-bond donors (Lipinski definition) is 0. The van der Waals surface area contributed by atoms with Gasteiger partial charge in [0.2, 0.25) is 0 Å². The van der Waals surface area contributed by atoms with Crippen LogP contribution < -0.4 is 17.0 Å². The molecule has 0 heterocycles. The van der Waals surface area contributed by atoms with Gasteiger partial charge in [0.1, 0.15) is 0 Å². The Bertz CT molecular complexity index is 6.00. The van der Waals surface area contributed by atoms with Gasteiger partial charge in [-0.05, 0) is 0 Å². The summed E-state index contributed by atoms with van der Waals surface area (Å²) in [4.78, 5) is 0. The minimum atomic E-state index is 0. The molecule has 0 radical (unpaired) electrons. The molecule has 0 aromatic carbocycles. The summed E-state index contributed by atoms with van der Waals surface area (Å²) in [5, 5.41) is 0. The van der Waals surface area contributed by atoms with Gasteiger partial charge in [-0.1, -0.05) is 0 Å². The number of hydrogen-bond acceptors (Lipinski definition) is 0. The van der Waals surface area contributed by atoms with Gasteiger partial charge < -0.3 is 23.9 Å². The molecule has 0 fully saturated rings. The summed E-state index contributed by atoms with van der Waals surface area (Å²) in [6.07, 6.45) is 0. The average Bonchev–Trinajstić information content (AvgIpc) is 1.00. The summed E-state index contributed by atoms with van der Waals surface area (Å²) in [5.74, 6) is 0. The second-order valence-electron chi connectivity index (χ2n) is 0. The van der Waals surface area contributed by atoms with Crippen LogP contribution in [0.5, 0.6) is 0 Å². The van der Waals surface area contributed by atoms with Crippen molar-refractivity contribution in [1.29, 1.82) is 0 Å². The van der Waals surface area contributed by atoms with E-state index < -0.39 is 0 Å². The molecule has 0 aliphatic carbocycles. The van der Waals surface area contributed by atoms with Crippen LogP contribution in [-0.2, 0) is 27.3 Å². The molecular formula is C2H5BrCd. The molecule has 4 heavy (non-hydrogen) atoms. The summed E-state index contributed by atoms with van der Waals surface area (Å²) in [7, 11) is 0. The summed E-state index contributed by atoms with van der Waals surface area (Å²) in [6.45, 7) is 5.00. The molecule has 0 amide bonds. The summed E-state index contributed by atoms with van der Waals surface area (Å²) in [6, 6.07) is 0. The van der Waals surface area contributed by atoms with Crippen LogP contribution >= 0.6 is 0 Å². The normalized spacial score (nSPS) is 1.50. The van der Waals surface area contributed by atoms with E-state index in [1.165, 1.54) is 0 Å². The molecule has 0 atom stereocenters. The maximum Gasteiger partial charge on any atom is 2.00 e. The zero-order valence-electron chi connectivity index (χ0n) is 2.79. The molecule has 0 aromatic heterocycles. The zero-order chi connectivity index (χ0) is 2.00. The van der Waals surface area contributed by atoms with Crippen LogP contribution in [0.4, 0.5) is 0 Å². The van der Waals surface area contributed by atoms with Crippen LogP contribution in [0.25, 0.3) is 0 Å². The minimum absolute atomic E-state index is 0. The Morgan fingerprint density at radius 3 is 1.25 bits per heavy atom. The Morgan fingerprint density at radius 2 is 1.25 bits per heavy atom. The first-order valence-corrected chi connectivity index (χ1v) is 0.707. The third kappa shape index (κ3) is 9.99. The van der Waals surface area contributed by atoms with Gasteiger partial charge in [0, 0.05) is 0 Å². The molecule has 0 N–H and O–H groups in total. The largest absolute Gasteiger partial charge is 2.00 e. The third-order valence-electron chi connectivity index (χ3n) is 0. The van der Waals surface area contributed by atoms with Gasteiger partial charge in [-0.15, -0.1) is 0 Å². The van der Waals surface area contributed by atoms with Crippen molar-refractivity contribution in [2.45, 2.75) is 6.92 Å². The maximum atomic E-state index is 3.25. The predicted octanol–water partition coefficient (Wildman–Crippen LogP) is -2.16. The molecule has 0 nitrogen and oxygen atoms in total. The number of rotatable bonds is 0. The standard InChI is InChI=1S/C2H5.BrH.Cd/c1-2;;/h1H2,2H3;1H;/q-1;;+2/p-1. The van der Waals surface area contributed by atoms with Crippen molar-refractivity contribution >= 4 is 0 Å². The minimum Gasteiger partial charge on any atom is -1.00 e. The van der Waals surface area contributed by atoms with E-state index in [4.69, 9.17) is 0 Å². The van der Waals surface area contributed by atoms with Gasteiger partial charge >= 0.3 is 27.3 Å². The van der Waals surface area contributed by atoms with Gasteiger partial charge in [0.05, 0.1) is 0 Å². The maximum absolute atomic E-state index is 3.25. The van der Waals surface area contributed by atoms with E-state index in [1.807, 2.05) is 0 Å². The quantitative estimate of drug-likeness (QED) is 0.323. The smallest absolute Gasteiger partial charge is 1.00 e. The molecule has 0 aliphatic heterocycles. The molecule has 0 spiro atoms. The molecule has 0 aromatic rings. The van der Waals surface area contributed by atoms with Gasteiger partial charge in [0.25, 0.3) is 0 Å². The Kier molecular flexibility index (Phi) is 118. The second-order valence-corrected chi connectivity index (χ2v) is 0. The fourth-order valence-electron chi connectivity index (χ4n) is 0. The van der Waals surface area contributed by atoms with E-state index in [0.717, 1.165) is 0 Å². The third-order valence-corrected chi connectivity index (χ3v) is 0. The first-order valence-electron chi connectivity index (χ1n) is 0.707. The van der Waals surface area contributed by atoms with Crippen LogP contribution in [0, 0.1) is 6.92 Å². The van der Waals surface area contributed by atoms with Crippen molar-refractivity contribution in [3.8, 4) is 0 Å². The van der Waals surface area contributed by atoms with E-state index in [2.05, 4.69) is 6.92 Å². The van der Waals surface area contributed by atoms with E-state index >= 15 is 0 Å². The SMILES string of the molecule is [Br-].[CH2-]C.[Cd+2]. The summed E-state index contributed by atoms with van der Waals surface area (Å²) >= 11 is 0. The van der Waals surface area contributed by atoms with E-state index in [0.29, 0.717) is 0 Å². The van der Waals surface area contributed by atoms with Crippen LogP contribution in [-0.4, -0.2) is 0 Å². The first-order chi connectivity index (χ1) is 1.00. The first kappa shape index (κ1) is 18.1. The van der Waals surface area contributed by atoms with Crippen molar-refractivity contribution < 1.29 is 44.3 Å². The fourth-order valence-corrected chi connectivity index (χ4v) is 0. The topological polar surface area (TPSA) is 0 Å². The van der Waals surface area contributed by atoms with Crippen molar-refractivity contribution in [3.05, 3.63) is 6.92 Å². The molecule has 0 saturated carbocycles. The number of halogens is 1. The van der Waals surface area contributed by atoms with Gasteiger partial charge in [-0.25, -0.2) is 0 Å². The van der Waals surface area contributed by atoms with E-state index in [1.54, 1.807) is 6.92 Å². The Morgan fingerprint density at radius 1 is 1.25 bits per heavy atom. The predicted molar refractivity (Wildman–Crippen MR) is 11.0 cm³/mol. The van der Waals surface area contributed by atoms with Gasteiger partial charge in [0.15, 0.2) is 0 Å². The summed E-state index contributed by atoms with van der Waals surface area (Å²) in [5.41, 5.74) is 0. The second kappa shape index (κ2) is 25.9. The van der Waals surface area contributed by atoms with Crippen molar-refractivity contribution in [3.63, 3.8) is 0 Å². The van der Waals surface area contributed by atoms with Gasteiger partial charge in [-0.3, -0.25) is 0 Å². The molecule has 2 heteroatoms. The van der Waals surface area contributed by atoms with E-state index in [9.17, 15) is 0 Å². The molecular weight excluding hydrogens is 216 g/mol. The van der Waals surface area contributed by atoms with Crippen molar-refractivity contribution in [2.24, 2.45) is 0 Å². The van der Waals surface area contributed by atoms with Crippen molar-refractivity contribution in [2.75, 3.05) is 0 Å².